The van der Waals surface area contributed by atoms with Crippen molar-refractivity contribution in [2.24, 2.45) is 23.7 Å². The highest BCUT2D eigenvalue weighted by Gasteiger charge is 2.60. The van der Waals surface area contributed by atoms with E-state index in [0.29, 0.717) is 38.8 Å². The van der Waals surface area contributed by atoms with Crippen molar-refractivity contribution < 1.29 is 53.3 Å². The second kappa shape index (κ2) is 15.0. The zero-order valence-corrected chi connectivity index (χ0v) is 29.0. The van der Waals surface area contributed by atoms with Gasteiger partial charge in [-0.25, -0.2) is 0 Å². The summed E-state index contributed by atoms with van der Waals surface area (Å²) in [6.45, 7) is 11.0. The number of aliphatic hydroxyl groups is 3. The summed E-state index contributed by atoms with van der Waals surface area (Å²) in [6, 6.07) is 10.0. The summed E-state index contributed by atoms with van der Waals surface area (Å²) < 4.78 is 46.5. The van der Waals surface area contributed by atoms with Crippen molar-refractivity contribution in [3.05, 3.63) is 35.9 Å². The number of ether oxygens (including phenoxy) is 7. The lowest BCUT2D eigenvalue weighted by Crippen LogP contribution is -2.61. The Hall–Kier alpha value is -1.51. The van der Waals surface area contributed by atoms with E-state index in [0.717, 1.165) is 18.4 Å². The topological polar surface area (TPSA) is 142 Å². The first-order chi connectivity index (χ1) is 22.9. The number of hydrogen-bond donors (Lipinski definition) is 3. The SMILES string of the molecule is C[C@H]1C[C@@H](O)[C@H](C[C@@H](O)[C@](C)(O)C=O)O[C@@H]2C[C@@H]3O[C@@H]4[C@@H](C)[C@H](C)[C@@]5(CCCO5)O[C@H]4[C@@H](OCOCc4ccccc4)[C@H](C)[C@H]3O[C@H]2C1. The molecule has 270 valence electrons. The van der Waals surface area contributed by atoms with Crippen molar-refractivity contribution in [1.82, 2.24) is 0 Å². The van der Waals surface area contributed by atoms with Gasteiger partial charge in [-0.1, -0.05) is 58.0 Å². The fraction of sp³-hybridized carbons (Fsp3) is 0.811. The number of fused-ring (bicyclic) bond motifs is 3. The summed E-state index contributed by atoms with van der Waals surface area (Å²) in [5.74, 6) is -0.536. The minimum atomic E-state index is -1.95. The van der Waals surface area contributed by atoms with Gasteiger partial charge in [0.1, 0.15) is 18.5 Å². The molecular weight excluding hydrogens is 620 g/mol. The second-order valence-corrected chi connectivity index (χ2v) is 15.4. The van der Waals surface area contributed by atoms with Crippen molar-refractivity contribution in [1.29, 1.82) is 0 Å². The maximum absolute atomic E-state index is 11.5. The lowest BCUT2D eigenvalue weighted by atomic mass is 9.76. The molecule has 11 nitrogen and oxygen atoms in total. The van der Waals surface area contributed by atoms with Crippen LogP contribution >= 0.6 is 0 Å². The molecule has 3 N–H and O–H groups in total. The van der Waals surface area contributed by atoms with Crippen molar-refractivity contribution in [3.8, 4) is 0 Å². The summed E-state index contributed by atoms with van der Waals surface area (Å²) >= 11 is 0. The molecule has 0 aromatic heterocycles. The zero-order valence-electron chi connectivity index (χ0n) is 29.0. The lowest BCUT2D eigenvalue weighted by molar-refractivity contribution is -0.343. The van der Waals surface area contributed by atoms with Crippen molar-refractivity contribution in [3.63, 3.8) is 0 Å². The Bertz CT molecular complexity index is 1190. The fourth-order valence-corrected chi connectivity index (χ4v) is 8.69. The van der Waals surface area contributed by atoms with Crippen LogP contribution in [0.4, 0.5) is 0 Å². The van der Waals surface area contributed by atoms with E-state index < -0.39 is 48.0 Å². The molecule has 6 rings (SSSR count). The van der Waals surface area contributed by atoms with E-state index in [2.05, 4.69) is 27.7 Å². The quantitative estimate of drug-likeness (QED) is 0.201. The van der Waals surface area contributed by atoms with E-state index in [1.807, 2.05) is 30.3 Å². The first-order valence-corrected chi connectivity index (χ1v) is 18.0. The Morgan fingerprint density at radius 3 is 2.42 bits per heavy atom. The largest absolute Gasteiger partial charge is 0.390 e. The third-order valence-corrected chi connectivity index (χ3v) is 11.8. The number of benzene rings is 1. The minimum Gasteiger partial charge on any atom is -0.390 e. The molecule has 1 aromatic carbocycles. The number of carbonyl (C=O) groups excluding carboxylic acids is 1. The molecule has 11 heteroatoms. The van der Waals surface area contributed by atoms with Gasteiger partial charge in [-0.05, 0) is 43.6 Å². The molecule has 1 aromatic rings. The van der Waals surface area contributed by atoms with Gasteiger partial charge in [-0.15, -0.1) is 0 Å². The average Bonchev–Trinajstić information content (AvgIpc) is 3.50. The van der Waals surface area contributed by atoms with Gasteiger partial charge in [0.15, 0.2) is 12.1 Å². The zero-order chi connectivity index (χ0) is 34.2. The van der Waals surface area contributed by atoms with Gasteiger partial charge in [-0.3, -0.25) is 0 Å². The van der Waals surface area contributed by atoms with Crippen LogP contribution in [0.25, 0.3) is 0 Å². The van der Waals surface area contributed by atoms with E-state index in [4.69, 9.17) is 33.2 Å². The molecule has 48 heavy (non-hydrogen) atoms. The molecule has 0 saturated carbocycles. The summed E-state index contributed by atoms with van der Waals surface area (Å²) in [5, 5.41) is 32.2. The Kier molecular flexibility index (Phi) is 11.3. The number of rotatable bonds is 9. The Balaban J connectivity index is 1.25. The predicted octanol–water partition coefficient (Wildman–Crippen LogP) is 3.53. The van der Waals surface area contributed by atoms with E-state index in [-0.39, 0.29) is 61.3 Å². The van der Waals surface area contributed by atoms with Gasteiger partial charge < -0.3 is 53.3 Å². The molecule has 1 spiro atoms. The standard InChI is InChI=1S/C37H56O11/c1-21-14-26(39)27(17-31(40)36(5,41)19-38)45-29-16-30-32(46-28(29)15-21)23(3)33(43-20-42-18-25-10-7-6-8-11-25)35-34(47-30)22(2)24(4)37(48-35)12-9-13-44-37/h6-8,10-11,19,21-24,26-35,39-41H,9,12-18,20H2,1-5H3/t21-,22-,23+,24-,26+,27-,28-,29+,30-,31+,32+,33-,34+,35-,36+,37+/m0/s1. The highest BCUT2D eigenvalue weighted by Crippen LogP contribution is 2.50. The van der Waals surface area contributed by atoms with Gasteiger partial charge in [0, 0.05) is 31.1 Å². The molecule has 0 unspecified atom stereocenters. The van der Waals surface area contributed by atoms with Crippen LogP contribution < -0.4 is 0 Å². The molecule has 5 aliphatic rings. The average molecular weight is 677 g/mol. The van der Waals surface area contributed by atoms with Crippen molar-refractivity contribution in [2.75, 3.05) is 13.4 Å². The third kappa shape index (κ3) is 7.42. The van der Waals surface area contributed by atoms with Crippen LogP contribution in [0.15, 0.2) is 30.3 Å². The molecule has 0 radical (unpaired) electrons. The van der Waals surface area contributed by atoms with E-state index in [9.17, 15) is 20.1 Å². The molecule has 0 aliphatic carbocycles. The molecule has 5 heterocycles. The molecule has 0 bridgehead atoms. The number of hydrogen-bond acceptors (Lipinski definition) is 11. The highest BCUT2D eigenvalue weighted by molar-refractivity contribution is 5.62. The van der Waals surface area contributed by atoms with Gasteiger partial charge in [0.05, 0.1) is 68.1 Å². The van der Waals surface area contributed by atoms with Crippen LogP contribution in [0, 0.1) is 23.7 Å². The van der Waals surface area contributed by atoms with Crippen LogP contribution in [0.3, 0.4) is 0 Å². The van der Waals surface area contributed by atoms with Gasteiger partial charge in [0.2, 0.25) is 0 Å². The maximum atomic E-state index is 11.5. The van der Waals surface area contributed by atoms with Crippen molar-refractivity contribution >= 4 is 6.29 Å². The lowest BCUT2D eigenvalue weighted by Gasteiger charge is -2.51. The number of aliphatic hydroxyl groups excluding tert-OH is 2. The van der Waals surface area contributed by atoms with Crippen molar-refractivity contribution in [2.45, 2.75) is 152 Å². The van der Waals surface area contributed by atoms with Crippen LogP contribution in [0.1, 0.15) is 78.7 Å². The van der Waals surface area contributed by atoms with E-state index >= 15 is 0 Å². The van der Waals surface area contributed by atoms with Crippen LogP contribution in [0.2, 0.25) is 0 Å². The monoisotopic (exact) mass is 676 g/mol. The third-order valence-electron chi connectivity index (χ3n) is 11.8. The highest BCUT2D eigenvalue weighted by atomic mass is 16.7. The first kappa shape index (κ1) is 36.3. The second-order valence-electron chi connectivity index (χ2n) is 15.4. The smallest absolute Gasteiger partial charge is 0.171 e. The first-order valence-electron chi connectivity index (χ1n) is 18.0. The molecular formula is C37H56O11. The van der Waals surface area contributed by atoms with Crippen LogP contribution in [0.5, 0.6) is 0 Å². The molecule has 0 amide bonds. The molecule has 5 saturated heterocycles. The molecule has 16 atom stereocenters. The summed E-state index contributed by atoms with van der Waals surface area (Å²) in [7, 11) is 0. The fourth-order valence-electron chi connectivity index (χ4n) is 8.69. The Labute approximate surface area is 284 Å². The Morgan fingerprint density at radius 2 is 1.71 bits per heavy atom. The molecule has 5 aliphatic heterocycles. The number of carbonyl (C=O) groups is 1. The van der Waals surface area contributed by atoms with E-state index in [1.165, 1.54) is 6.92 Å². The van der Waals surface area contributed by atoms with Gasteiger partial charge in [0.25, 0.3) is 0 Å². The summed E-state index contributed by atoms with van der Waals surface area (Å²) in [5.41, 5.74) is -0.884. The van der Waals surface area contributed by atoms with Gasteiger partial charge >= 0.3 is 0 Å². The number of aldehydes is 1. The summed E-state index contributed by atoms with van der Waals surface area (Å²) in [4.78, 5) is 11.5. The normalized spacial score (nSPS) is 45.0. The van der Waals surface area contributed by atoms with Crippen LogP contribution in [-0.4, -0.2) is 107 Å². The maximum Gasteiger partial charge on any atom is 0.171 e. The Morgan fingerprint density at radius 1 is 0.979 bits per heavy atom. The predicted molar refractivity (Wildman–Crippen MR) is 174 cm³/mol. The minimum absolute atomic E-state index is 0.0876. The van der Waals surface area contributed by atoms with Crippen LogP contribution in [-0.2, 0) is 44.6 Å². The van der Waals surface area contributed by atoms with Gasteiger partial charge in [-0.2, -0.15) is 0 Å². The van der Waals surface area contributed by atoms with E-state index in [1.54, 1.807) is 0 Å². The molecule has 5 fully saturated rings. The summed E-state index contributed by atoms with van der Waals surface area (Å²) in [6.07, 6.45) is -1.95.